The molecule has 2 unspecified atom stereocenters. The summed E-state index contributed by atoms with van der Waals surface area (Å²) in [6.45, 7) is 7.98. The summed E-state index contributed by atoms with van der Waals surface area (Å²) in [5.74, 6) is -2.74. The zero-order valence-electron chi connectivity index (χ0n) is 38.6. The van der Waals surface area contributed by atoms with Crippen molar-refractivity contribution in [3.63, 3.8) is 0 Å². The number of hydrogen-bond acceptors (Lipinski definition) is 2. The number of anilines is 3. The van der Waals surface area contributed by atoms with Crippen molar-refractivity contribution in [2.75, 3.05) is 4.90 Å². The Bertz CT molecular complexity index is 3790. The van der Waals surface area contributed by atoms with Crippen LogP contribution in [0.2, 0.25) is 0 Å². The van der Waals surface area contributed by atoms with Gasteiger partial charge in [-0.1, -0.05) is 153 Å². The van der Waals surface area contributed by atoms with Crippen LogP contribution >= 0.6 is 0 Å². The molecule has 11 aromatic rings. The fourth-order valence-corrected chi connectivity index (χ4v) is 12.0. The summed E-state index contributed by atoms with van der Waals surface area (Å²) in [7, 11) is 0. The minimum Gasteiger partial charge on any atom is -0.456 e. The number of fused-ring (bicyclic) bond motifs is 9. The molecule has 0 bridgehead atoms. The molecule has 2 aliphatic rings. The van der Waals surface area contributed by atoms with Crippen LogP contribution in [0.25, 0.3) is 56.3 Å². The van der Waals surface area contributed by atoms with Crippen LogP contribution in [0.4, 0.5) is 34.6 Å². The summed E-state index contributed by atoms with van der Waals surface area (Å²) in [5.41, 5.74) is 12.8. The standard InChI is InChI=1S/C66H41F4NO/c1-3-40-17-21-42(22-18-40)65(44-31-46(67)35-47(68)32-44)59-14-8-5-11-53(59)55-28-25-50(37-61(55)65)71(52-27-30-58-57-13-7-10-16-63(57)72-64(58)39-52)51-26-29-56-54-12-6-9-15-60(54)66(62(56)38-51,43-23-19-41(4-2)20-24-43)45-33-48(69)36-49(70)34-45/h3-39H,1-2H2. The summed E-state index contributed by atoms with van der Waals surface area (Å²) >= 11 is 0. The van der Waals surface area contributed by atoms with Gasteiger partial charge in [-0.25, -0.2) is 17.6 Å². The van der Waals surface area contributed by atoms with Crippen molar-refractivity contribution in [3.05, 3.63) is 304 Å². The van der Waals surface area contributed by atoms with Crippen LogP contribution in [0.5, 0.6) is 0 Å². The molecule has 1 aromatic heterocycles. The molecule has 2 aliphatic carbocycles. The van der Waals surface area contributed by atoms with Gasteiger partial charge in [-0.15, -0.1) is 0 Å². The fraction of sp³-hybridized carbons (Fsp3) is 0.0303. The van der Waals surface area contributed by atoms with Crippen LogP contribution < -0.4 is 4.90 Å². The molecule has 0 saturated heterocycles. The highest BCUT2D eigenvalue weighted by atomic mass is 19.1. The Morgan fingerprint density at radius 3 is 1.24 bits per heavy atom. The van der Waals surface area contributed by atoms with Gasteiger partial charge in [0.25, 0.3) is 0 Å². The van der Waals surface area contributed by atoms with Gasteiger partial charge in [-0.3, -0.25) is 0 Å². The van der Waals surface area contributed by atoms with Gasteiger partial charge in [0.2, 0.25) is 0 Å². The number of nitrogens with zero attached hydrogens (tertiary/aromatic N) is 1. The van der Waals surface area contributed by atoms with E-state index in [9.17, 15) is 0 Å². The Morgan fingerprint density at radius 1 is 0.347 bits per heavy atom. The van der Waals surface area contributed by atoms with Crippen molar-refractivity contribution in [2.24, 2.45) is 0 Å². The zero-order chi connectivity index (χ0) is 48.9. The van der Waals surface area contributed by atoms with Gasteiger partial charge in [-0.05, 0) is 145 Å². The summed E-state index contributed by atoms with van der Waals surface area (Å²) in [6, 6.07) is 66.3. The number of benzene rings is 10. The minimum atomic E-state index is -1.17. The maximum atomic E-state index is 15.8. The van der Waals surface area contributed by atoms with Crippen LogP contribution in [0, 0.1) is 23.3 Å². The summed E-state index contributed by atoms with van der Waals surface area (Å²) in [4.78, 5) is 2.16. The number of furan rings is 1. The number of hydrogen-bond donors (Lipinski definition) is 0. The highest BCUT2D eigenvalue weighted by Crippen LogP contribution is 2.60. The van der Waals surface area contributed by atoms with Crippen LogP contribution in [0.1, 0.15) is 55.6 Å². The van der Waals surface area contributed by atoms with Gasteiger partial charge in [-0.2, -0.15) is 0 Å². The Labute approximate surface area is 413 Å². The Kier molecular flexibility index (Phi) is 9.74. The number of rotatable bonds is 9. The molecule has 0 aliphatic heterocycles. The minimum absolute atomic E-state index is 0.440. The molecule has 0 fully saturated rings. The summed E-state index contributed by atoms with van der Waals surface area (Å²) in [6.07, 6.45) is 3.54. The second kappa shape index (κ2) is 16.3. The molecule has 1 heterocycles. The van der Waals surface area contributed by atoms with Gasteiger partial charge in [0.05, 0.1) is 10.8 Å². The average Bonchev–Trinajstić information content (AvgIpc) is 4.02. The third-order valence-electron chi connectivity index (χ3n) is 14.9. The van der Waals surface area contributed by atoms with E-state index in [1.54, 1.807) is 12.2 Å². The van der Waals surface area contributed by atoms with Crippen molar-refractivity contribution < 1.29 is 22.0 Å². The van der Waals surface area contributed by atoms with E-state index in [0.717, 1.165) is 112 Å². The predicted octanol–water partition coefficient (Wildman–Crippen LogP) is 17.6. The lowest BCUT2D eigenvalue weighted by molar-refractivity contribution is 0.573. The number of para-hydroxylation sites is 1. The van der Waals surface area contributed by atoms with Crippen molar-refractivity contribution in [1.82, 2.24) is 0 Å². The molecular formula is C66H41F4NO. The topological polar surface area (TPSA) is 16.4 Å². The first-order valence-electron chi connectivity index (χ1n) is 23.8. The van der Waals surface area contributed by atoms with Gasteiger partial charge in [0, 0.05) is 46.0 Å². The third kappa shape index (κ3) is 6.28. The Morgan fingerprint density at radius 2 is 0.750 bits per heavy atom. The third-order valence-corrected chi connectivity index (χ3v) is 14.9. The molecule has 0 spiro atoms. The molecule has 0 N–H and O–H groups in total. The summed E-state index contributed by atoms with van der Waals surface area (Å²) < 4.78 is 69.6. The van der Waals surface area contributed by atoms with E-state index in [-0.39, 0.29) is 0 Å². The summed E-state index contributed by atoms with van der Waals surface area (Å²) in [5, 5.41) is 1.94. The lowest BCUT2D eigenvalue weighted by Crippen LogP contribution is -2.29. The molecule has 72 heavy (non-hydrogen) atoms. The highest BCUT2D eigenvalue weighted by molar-refractivity contribution is 6.06. The molecule has 0 saturated carbocycles. The molecule has 6 heteroatoms. The molecule has 2 nitrogen and oxygen atoms in total. The molecule has 10 aromatic carbocycles. The van der Waals surface area contributed by atoms with E-state index in [0.29, 0.717) is 16.7 Å². The SMILES string of the molecule is C=Cc1ccc(C2(c3cc(F)cc(F)c3)c3ccccc3-c3ccc(N(c4ccc5c(c4)C(c4ccc(C=C)cc4)(c4cc(F)cc(F)c4)c4ccccc4-5)c4ccc5c(c4)oc4ccccc45)cc32)cc1. The largest absolute Gasteiger partial charge is 0.456 e. The second-order valence-corrected chi connectivity index (χ2v) is 18.6. The molecule has 13 rings (SSSR count). The highest BCUT2D eigenvalue weighted by Gasteiger charge is 2.49. The normalized spacial score (nSPS) is 16.3. The van der Waals surface area contributed by atoms with E-state index in [2.05, 4.69) is 78.7 Å². The average molecular weight is 940 g/mol. The van der Waals surface area contributed by atoms with Crippen LogP contribution in [-0.4, -0.2) is 0 Å². The smallest absolute Gasteiger partial charge is 0.137 e. The van der Waals surface area contributed by atoms with Crippen LogP contribution in [0.3, 0.4) is 0 Å². The lowest BCUT2D eigenvalue weighted by Gasteiger charge is -2.36. The Hall–Kier alpha value is -9.00. The zero-order valence-corrected chi connectivity index (χ0v) is 38.6. The van der Waals surface area contributed by atoms with E-state index in [4.69, 9.17) is 4.42 Å². The number of halogens is 4. The molecule has 344 valence electrons. The van der Waals surface area contributed by atoms with Crippen molar-refractivity contribution in [2.45, 2.75) is 10.8 Å². The first-order valence-corrected chi connectivity index (χ1v) is 23.8. The Balaban J connectivity index is 1.11. The fourth-order valence-electron chi connectivity index (χ4n) is 12.0. The van der Waals surface area contributed by atoms with Gasteiger partial charge < -0.3 is 9.32 Å². The van der Waals surface area contributed by atoms with E-state index in [1.165, 1.54) is 24.3 Å². The van der Waals surface area contributed by atoms with Crippen molar-refractivity contribution in [3.8, 4) is 22.3 Å². The quantitative estimate of drug-likeness (QED) is 0.134. The molecule has 0 radical (unpaired) electrons. The van der Waals surface area contributed by atoms with E-state index < -0.39 is 34.1 Å². The lowest BCUT2D eigenvalue weighted by atomic mass is 9.67. The maximum Gasteiger partial charge on any atom is 0.137 e. The molecule has 0 amide bonds. The molecule has 2 atom stereocenters. The van der Waals surface area contributed by atoms with E-state index in [1.807, 2.05) is 115 Å². The van der Waals surface area contributed by atoms with Gasteiger partial charge in [0.1, 0.15) is 34.4 Å². The monoisotopic (exact) mass is 939 g/mol. The second-order valence-electron chi connectivity index (χ2n) is 18.6. The first-order chi connectivity index (χ1) is 35.2. The van der Waals surface area contributed by atoms with Crippen LogP contribution in [0.15, 0.2) is 230 Å². The maximum absolute atomic E-state index is 15.8. The molecular weight excluding hydrogens is 899 g/mol. The van der Waals surface area contributed by atoms with Gasteiger partial charge >= 0.3 is 0 Å². The van der Waals surface area contributed by atoms with Crippen LogP contribution in [-0.2, 0) is 10.8 Å². The van der Waals surface area contributed by atoms with Crippen molar-refractivity contribution in [1.29, 1.82) is 0 Å². The van der Waals surface area contributed by atoms with Gasteiger partial charge in [0.15, 0.2) is 0 Å². The van der Waals surface area contributed by atoms with E-state index >= 15 is 17.6 Å². The van der Waals surface area contributed by atoms with Crippen molar-refractivity contribution >= 4 is 51.2 Å². The predicted molar refractivity (Wildman–Crippen MR) is 283 cm³/mol. The first kappa shape index (κ1) is 43.1.